The minimum Gasteiger partial charge on any atom is -0.339 e. The zero-order chi connectivity index (χ0) is 21.4. The van der Waals surface area contributed by atoms with Crippen LogP contribution in [0.3, 0.4) is 0 Å². The number of sulfone groups is 1. The van der Waals surface area contributed by atoms with Crippen LogP contribution in [0.2, 0.25) is 5.02 Å². The second-order valence-corrected chi connectivity index (χ2v) is 10.7. The molecule has 12 heteroatoms. The van der Waals surface area contributed by atoms with Crippen molar-refractivity contribution in [1.82, 2.24) is 9.62 Å². The molecule has 0 atom stereocenters. The Morgan fingerprint density at radius 3 is 2.21 bits per heavy atom. The maximum atomic E-state index is 13.2. The average molecular weight is 465 g/mol. The van der Waals surface area contributed by atoms with Crippen molar-refractivity contribution in [2.24, 2.45) is 0 Å². The van der Waals surface area contributed by atoms with Gasteiger partial charge in [0, 0.05) is 13.1 Å². The smallest absolute Gasteiger partial charge is 0.241 e. The number of likely N-dealkylation sites (tertiary alicyclic amines) is 1. The molecule has 3 rings (SSSR count). The standard InChI is InChI=1S/C17H15ClF2N2O5S2/c18-15-7-13(5-6-16(15)20)29(26,27)21-8-17(23)22-9-14(10-22)28(24,25)12-3-1-11(19)2-4-12/h1-7,14,21H,8-10H2. The molecule has 156 valence electrons. The Balaban J connectivity index is 1.58. The van der Waals surface area contributed by atoms with Gasteiger partial charge in [-0.15, -0.1) is 0 Å². The normalized spacial score (nSPS) is 15.2. The van der Waals surface area contributed by atoms with Crippen LogP contribution in [0.5, 0.6) is 0 Å². The van der Waals surface area contributed by atoms with E-state index in [-0.39, 0.29) is 27.9 Å². The van der Waals surface area contributed by atoms with E-state index >= 15 is 0 Å². The number of amides is 1. The first-order chi connectivity index (χ1) is 13.5. The molecule has 1 aliphatic rings. The van der Waals surface area contributed by atoms with Gasteiger partial charge in [0.15, 0.2) is 9.84 Å². The minimum absolute atomic E-state index is 0.0510. The van der Waals surface area contributed by atoms with Crippen LogP contribution in [0.15, 0.2) is 52.3 Å². The summed E-state index contributed by atoms with van der Waals surface area (Å²) in [6.07, 6.45) is 0. The number of carbonyl (C=O) groups is 1. The van der Waals surface area contributed by atoms with Crippen molar-refractivity contribution in [3.8, 4) is 0 Å². The summed E-state index contributed by atoms with van der Waals surface area (Å²) in [6, 6.07) is 7.17. The SMILES string of the molecule is O=C(CNS(=O)(=O)c1ccc(F)c(Cl)c1)N1CC(S(=O)(=O)c2ccc(F)cc2)C1. The molecule has 0 aromatic heterocycles. The van der Waals surface area contributed by atoms with Crippen LogP contribution in [0.1, 0.15) is 0 Å². The molecule has 1 heterocycles. The van der Waals surface area contributed by atoms with Crippen LogP contribution in [0, 0.1) is 11.6 Å². The lowest BCUT2D eigenvalue weighted by Crippen LogP contribution is -2.58. The Kier molecular flexibility index (Phi) is 5.95. The lowest BCUT2D eigenvalue weighted by atomic mass is 10.2. The van der Waals surface area contributed by atoms with Crippen LogP contribution in [0.25, 0.3) is 0 Å². The van der Waals surface area contributed by atoms with Gasteiger partial charge in [-0.25, -0.2) is 30.3 Å². The number of hydrogen-bond donors (Lipinski definition) is 1. The molecule has 0 unspecified atom stereocenters. The number of nitrogens with one attached hydrogen (secondary N) is 1. The highest BCUT2D eigenvalue weighted by molar-refractivity contribution is 7.92. The summed E-state index contributed by atoms with van der Waals surface area (Å²) < 4.78 is 77.4. The van der Waals surface area contributed by atoms with Gasteiger partial charge in [0.1, 0.15) is 16.9 Å². The maximum absolute atomic E-state index is 13.2. The molecule has 7 nitrogen and oxygen atoms in total. The summed E-state index contributed by atoms with van der Waals surface area (Å²) in [7, 11) is -7.83. The fraction of sp³-hybridized carbons (Fsp3) is 0.235. The van der Waals surface area contributed by atoms with E-state index in [4.69, 9.17) is 11.6 Å². The molecule has 0 radical (unpaired) electrons. The zero-order valence-corrected chi connectivity index (χ0v) is 17.1. The van der Waals surface area contributed by atoms with Crippen molar-refractivity contribution in [2.75, 3.05) is 19.6 Å². The summed E-state index contributed by atoms with van der Waals surface area (Å²) in [4.78, 5) is 13.0. The number of benzene rings is 2. The number of rotatable bonds is 6. The summed E-state index contributed by atoms with van der Waals surface area (Å²) >= 11 is 5.56. The molecule has 1 fully saturated rings. The summed E-state index contributed by atoms with van der Waals surface area (Å²) in [5.74, 6) is -1.97. The van der Waals surface area contributed by atoms with Gasteiger partial charge in [-0.05, 0) is 42.5 Å². The topological polar surface area (TPSA) is 101 Å². The van der Waals surface area contributed by atoms with Crippen molar-refractivity contribution in [2.45, 2.75) is 15.0 Å². The second kappa shape index (κ2) is 7.98. The predicted octanol–water partition coefficient (Wildman–Crippen LogP) is 1.58. The number of hydrogen-bond acceptors (Lipinski definition) is 5. The number of nitrogens with zero attached hydrogens (tertiary/aromatic N) is 1. The zero-order valence-electron chi connectivity index (χ0n) is 14.7. The highest BCUT2D eigenvalue weighted by Crippen LogP contribution is 2.24. The molecule has 0 saturated carbocycles. The van der Waals surface area contributed by atoms with Crippen molar-refractivity contribution in [3.05, 3.63) is 59.1 Å². The Labute approximate surface area is 171 Å². The fourth-order valence-electron chi connectivity index (χ4n) is 2.65. The molecule has 1 amide bonds. The van der Waals surface area contributed by atoms with E-state index in [0.29, 0.717) is 0 Å². The van der Waals surface area contributed by atoms with Gasteiger partial charge < -0.3 is 4.90 Å². The van der Waals surface area contributed by atoms with Gasteiger partial charge in [0.2, 0.25) is 15.9 Å². The number of sulfonamides is 1. The van der Waals surface area contributed by atoms with Gasteiger partial charge in [0.05, 0.1) is 21.4 Å². The molecular weight excluding hydrogens is 450 g/mol. The molecule has 2 aromatic carbocycles. The van der Waals surface area contributed by atoms with Gasteiger partial charge >= 0.3 is 0 Å². The average Bonchev–Trinajstić information content (AvgIpc) is 2.61. The Hall–Kier alpha value is -2.08. The van der Waals surface area contributed by atoms with E-state index in [1.165, 1.54) is 4.90 Å². The Morgan fingerprint density at radius 2 is 1.62 bits per heavy atom. The Bertz CT molecular complexity index is 1150. The number of carbonyl (C=O) groups excluding carboxylic acids is 1. The van der Waals surface area contributed by atoms with Crippen molar-refractivity contribution < 1.29 is 30.4 Å². The summed E-state index contributed by atoms with van der Waals surface area (Å²) in [6.45, 7) is -0.814. The van der Waals surface area contributed by atoms with Crippen LogP contribution in [-0.2, 0) is 24.7 Å². The monoisotopic (exact) mass is 464 g/mol. The van der Waals surface area contributed by atoms with Crippen LogP contribution < -0.4 is 4.72 Å². The molecule has 0 aliphatic carbocycles. The van der Waals surface area contributed by atoms with Crippen LogP contribution in [-0.4, -0.2) is 52.5 Å². The lowest BCUT2D eigenvalue weighted by Gasteiger charge is -2.38. The van der Waals surface area contributed by atoms with Gasteiger partial charge in [-0.2, -0.15) is 0 Å². The lowest BCUT2D eigenvalue weighted by molar-refractivity contribution is -0.133. The third kappa shape index (κ3) is 4.58. The third-order valence-corrected chi connectivity index (χ3v) is 8.19. The largest absolute Gasteiger partial charge is 0.339 e. The highest BCUT2D eigenvalue weighted by atomic mass is 35.5. The van der Waals surface area contributed by atoms with E-state index in [9.17, 15) is 30.4 Å². The van der Waals surface area contributed by atoms with E-state index in [1.807, 2.05) is 0 Å². The van der Waals surface area contributed by atoms with Gasteiger partial charge in [-0.1, -0.05) is 11.6 Å². The summed E-state index contributed by atoms with van der Waals surface area (Å²) in [5, 5.41) is -1.24. The first-order valence-corrected chi connectivity index (χ1v) is 11.6. The number of halogens is 3. The van der Waals surface area contributed by atoms with Gasteiger partial charge in [-0.3, -0.25) is 4.79 Å². The molecule has 0 bridgehead atoms. The predicted molar refractivity (Wildman–Crippen MR) is 101 cm³/mol. The quantitative estimate of drug-likeness (QED) is 0.654. The first kappa shape index (κ1) is 21.6. The van der Waals surface area contributed by atoms with Crippen molar-refractivity contribution in [1.29, 1.82) is 0 Å². The fourth-order valence-corrected chi connectivity index (χ4v) is 5.55. The maximum Gasteiger partial charge on any atom is 0.241 e. The van der Waals surface area contributed by atoms with Crippen molar-refractivity contribution >= 4 is 37.4 Å². The summed E-state index contributed by atoms with van der Waals surface area (Å²) in [5.41, 5.74) is 0. The Morgan fingerprint density at radius 1 is 1.03 bits per heavy atom. The van der Waals surface area contributed by atoms with Crippen LogP contribution >= 0.6 is 11.6 Å². The molecule has 1 N–H and O–H groups in total. The van der Waals surface area contributed by atoms with Crippen molar-refractivity contribution in [3.63, 3.8) is 0 Å². The van der Waals surface area contributed by atoms with E-state index < -0.39 is 49.2 Å². The molecule has 2 aromatic rings. The molecular formula is C17H15ClF2N2O5S2. The van der Waals surface area contributed by atoms with E-state index in [1.54, 1.807) is 0 Å². The second-order valence-electron chi connectivity index (χ2n) is 6.32. The molecule has 1 saturated heterocycles. The van der Waals surface area contributed by atoms with Gasteiger partial charge in [0.25, 0.3) is 0 Å². The molecule has 1 aliphatic heterocycles. The van der Waals surface area contributed by atoms with E-state index in [2.05, 4.69) is 4.72 Å². The molecule has 0 spiro atoms. The van der Waals surface area contributed by atoms with Crippen LogP contribution in [0.4, 0.5) is 8.78 Å². The molecule has 29 heavy (non-hydrogen) atoms. The third-order valence-electron chi connectivity index (χ3n) is 4.40. The highest BCUT2D eigenvalue weighted by Gasteiger charge is 2.40. The minimum atomic E-state index is -4.10. The van der Waals surface area contributed by atoms with E-state index in [0.717, 1.165) is 42.5 Å². The first-order valence-electron chi connectivity index (χ1n) is 8.22.